The van der Waals surface area contributed by atoms with Crippen LogP contribution in [0.25, 0.3) is 11.0 Å². The van der Waals surface area contributed by atoms with Gasteiger partial charge in [0.2, 0.25) is 5.76 Å². The summed E-state index contributed by atoms with van der Waals surface area (Å²) in [5.41, 5.74) is 4.33. The van der Waals surface area contributed by atoms with Gasteiger partial charge in [0.25, 0.3) is 5.91 Å². The Kier molecular flexibility index (Phi) is 6.57. The van der Waals surface area contributed by atoms with Crippen molar-refractivity contribution in [2.24, 2.45) is 0 Å². The number of fused-ring (bicyclic) bond motifs is 2. The first-order valence-corrected chi connectivity index (χ1v) is 12.4. The molecule has 0 bridgehead atoms. The average Bonchev–Trinajstić information content (AvgIpc) is 3.16. The van der Waals surface area contributed by atoms with Gasteiger partial charge in [-0.1, -0.05) is 60.2 Å². The van der Waals surface area contributed by atoms with Crippen LogP contribution >= 0.6 is 0 Å². The quantitative estimate of drug-likeness (QED) is 0.276. The second-order valence-corrected chi connectivity index (χ2v) is 9.23. The van der Waals surface area contributed by atoms with Crippen molar-refractivity contribution in [2.45, 2.75) is 33.4 Å². The predicted octanol–water partition coefficient (Wildman–Crippen LogP) is 6.12. The van der Waals surface area contributed by atoms with Crippen molar-refractivity contribution in [3.05, 3.63) is 117 Å². The van der Waals surface area contributed by atoms with E-state index in [4.69, 9.17) is 13.9 Å². The van der Waals surface area contributed by atoms with E-state index in [9.17, 15) is 9.59 Å². The van der Waals surface area contributed by atoms with Crippen LogP contribution in [0, 0.1) is 13.8 Å². The zero-order valence-electron chi connectivity index (χ0n) is 21.2. The lowest BCUT2D eigenvalue weighted by Gasteiger charge is -2.26. The van der Waals surface area contributed by atoms with Crippen molar-refractivity contribution in [3.63, 3.8) is 0 Å². The van der Waals surface area contributed by atoms with E-state index in [1.807, 2.05) is 75.4 Å². The zero-order chi connectivity index (χ0) is 26.1. The number of aryl methyl sites for hydroxylation is 2. The Morgan fingerprint density at radius 1 is 0.946 bits per heavy atom. The standard InChI is InChI=1S/C31H29NO5/c1-5-15-36-25-14-12-22(17-26(25)35-6-2)28-27-29(33)23-16-20(4)9-13-24(23)37-30(27)31(34)32(28)18-21-10-7-19(3)8-11-21/h5,7-14,16-17,28H,1,6,15,18H2,2-4H3. The van der Waals surface area contributed by atoms with Crippen LogP contribution in [0.4, 0.5) is 0 Å². The first-order valence-electron chi connectivity index (χ1n) is 12.4. The second-order valence-electron chi connectivity index (χ2n) is 9.23. The predicted molar refractivity (Wildman–Crippen MR) is 143 cm³/mol. The van der Waals surface area contributed by atoms with E-state index in [1.165, 1.54) is 0 Å². The van der Waals surface area contributed by atoms with E-state index in [-0.39, 0.29) is 17.1 Å². The largest absolute Gasteiger partial charge is 0.490 e. The summed E-state index contributed by atoms with van der Waals surface area (Å²) in [5, 5.41) is 0.463. The fourth-order valence-electron chi connectivity index (χ4n) is 4.77. The van der Waals surface area contributed by atoms with Gasteiger partial charge in [-0.15, -0.1) is 0 Å². The molecule has 1 unspecified atom stereocenters. The highest BCUT2D eigenvalue weighted by Gasteiger charge is 2.43. The smallest absolute Gasteiger partial charge is 0.291 e. The van der Waals surface area contributed by atoms with Gasteiger partial charge in [0.1, 0.15) is 12.2 Å². The highest BCUT2D eigenvalue weighted by atomic mass is 16.5. The molecule has 4 aromatic rings. The number of nitrogens with zero attached hydrogens (tertiary/aromatic N) is 1. The first-order chi connectivity index (χ1) is 17.9. The molecule has 0 N–H and O–H groups in total. The first kappa shape index (κ1) is 24.4. The summed E-state index contributed by atoms with van der Waals surface area (Å²) in [5.74, 6) is 0.883. The Bertz CT molecular complexity index is 1550. The fraction of sp³-hybridized carbons (Fsp3) is 0.226. The van der Waals surface area contributed by atoms with Gasteiger partial charge in [-0.05, 0) is 56.2 Å². The topological polar surface area (TPSA) is 69.0 Å². The van der Waals surface area contributed by atoms with Gasteiger partial charge in [-0.25, -0.2) is 0 Å². The molecular formula is C31H29NO5. The van der Waals surface area contributed by atoms with Crippen LogP contribution < -0.4 is 14.9 Å². The maximum atomic E-state index is 13.9. The van der Waals surface area contributed by atoms with E-state index in [0.717, 1.165) is 22.3 Å². The number of rotatable bonds is 8. The third kappa shape index (κ3) is 4.51. The van der Waals surface area contributed by atoms with E-state index in [1.54, 1.807) is 17.0 Å². The van der Waals surface area contributed by atoms with E-state index < -0.39 is 6.04 Å². The van der Waals surface area contributed by atoms with Crippen LogP contribution in [0.5, 0.6) is 11.5 Å². The lowest BCUT2D eigenvalue weighted by Crippen LogP contribution is -2.29. The molecule has 0 spiro atoms. The molecule has 6 heteroatoms. The number of ether oxygens (including phenoxy) is 2. The van der Waals surface area contributed by atoms with E-state index >= 15 is 0 Å². The van der Waals surface area contributed by atoms with Gasteiger partial charge in [-0.3, -0.25) is 9.59 Å². The molecule has 6 nitrogen and oxygen atoms in total. The van der Waals surface area contributed by atoms with Gasteiger partial charge < -0.3 is 18.8 Å². The van der Waals surface area contributed by atoms with Gasteiger partial charge in [0.15, 0.2) is 16.9 Å². The van der Waals surface area contributed by atoms with Crippen LogP contribution in [0.2, 0.25) is 0 Å². The molecule has 1 aliphatic heterocycles. The van der Waals surface area contributed by atoms with Crippen molar-refractivity contribution in [1.29, 1.82) is 0 Å². The third-order valence-electron chi connectivity index (χ3n) is 6.53. The molecule has 0 saturated carbocycles. The lowest BCUT2D eigenvalue weighted by atomic mass is 9.97. The summed E-state index contributed by atoms with van der Waals surface area (Å²) in [6.45, 7) is 10.6. The molecule has 3 aromatic carbocycles. The molecule has 0 radical (unpaired) electrons. The Labute approximate surface area is 215 Å². The van der Waals surface area contributed by atoms with Crippen molar-refractivity contribution < 1.29 is 18.7 Å². The average molecular weight is 496 g/mol. The van der Waals surface area contributed by atoms with Crippen molar-refractivity contribution in [3.8, 4) is 11.5 Å². The fourth-order valence-corrected chi connectivity index (χ4v) is 4.77. The number of amides is 1. The summed E-state index contributed by atoms with van der Waals surface area (Å²) in [7, 11) is 0. The molecule has 0 fully saturated rings. The van der Waals surface area contributed by atoms with Crippen molar-refractivity contribution >= 4 is 16.9 Å². The monoisotopic (exact) mass is 495 g/mol. The highest BCUT2D eigenvalue weighted by molar-refractivity contribution is 5.99. The maximum absolute atomic E-state index is 13.9. The molecule has 2 heterocycles. The van der Waals surface area contributed by atoms with Crippen molar-refractivity contribution in [1.82, 2.24) is 4.90 Å². The van der Waals surface area contributed by atoms with Gasteiger partial charge >= 0.3 is 0 Å². The molecule has 37 heavy (non-hydrogen) atoms. The van der Waals surface area contributed by atoms with E-state index in [2.05, 4.69) is 6.58 Å². The SMILES string of the molecule is C=CCOc1ccc(C2c3c(oc4ccc(C)cc4c3=O)C(=O)N2Cc2ccc(C)cc2)cc1OCC. The van der Waals surface area contributed by atoms with Crippen LogP contribution in [0.3, 0.4) is 0 Å². The summed E-state index contributed by atoms with van der Waals surface area (Å²) >= 11 is 0. The Hall–Kier alpha value is -4.32. The number of hydrogen-bond donors (Lipinski definition) is 0. The Balaban J connectivity index is 1.69. The molecule has 0 saturated heterocycles. The third-order valence-corrected chi connectivity index (χ3v) is 6.53. The minimum Gasteiger partial charge on any atom is -0.490 e. The van der Waals surface area contributed by atoms with Crippen LogP contribution in [0.15, 0.2) is 82.5 Å². The molecule has 1 amide bonds. The minimum atomic E-state index is -0.641. The highest BCUT2D eigenvalue weighted by Crippen LogP contribution is 2.42. The summed E-state index contributed by atoms with van der Waals surface area (Å²) in [6.07, 6.45) is 1.66. The van der Waals surface area contributed by atoms with Crippen LogP contribution in [-0.2, 0) is 6.54 Å². The maximum Gasteiger partial charge on any atom is 0.291 e. The number of carbonyl (C=O) groups is 1. The Morgan fingerprint density at radius 2 is 1.70 bits per heavy atom. The molecular weight excluding hydrogens is 466 g/mol. The van der Waals surface area contributed by atoms with Gasteiger partial charge in [-0.2, -0.15) is 0 Å². The molecule has 0 aliphatic carbocycles. The summed E-state index contributed by atoms with van der Waals surface area (Å²) in [4.78, 5) is 29.3. The lowest BCUT2D eigenvalue weighted by molar-refractivity contribution is 0.0714. The van der Waals surface area contributed by atoms with Crippen LogP contribution in [-0.4, -0.2) is 24.0 Å². The van der Waals surface area contributed by atoms with E-state index in [0.29, 0.717) is 47.8 Å². The van der Waals surface area contributed by atoms with Gasteiger partial charge in [0.05, 0.1) is 23.6 Å². The number of benzene rings is 3. The minimum absolute atomic E-state index is 0.0865. The summed E-state index contributed by atoms with van der Waals surface area (Å²) < 4.78 is 17.7. The summed E-state index contributed by atoms with van der Waals surface area (Å²) in [6, 6.07) is 18.3. The van der Waals surface area contributed by atoms with Crippen LogP contribution in [0.1, 0.15) is 51.3 Å². The van der Waals surface area contributed by atoms with Crippen molar-refractivity contribution in [2.75, 3.05) is 13.2 Å². The molecule has 1 atom stereocenters. The number of carbonyl (C=O) groups excluding carboxylic acids is 1. The number of hydrogen-bond acceptors (Lipinski definition) is 5. The van der Waals surface area contributed by atoms with Gasteiger partial charge in [0, 0.05) is 6.54 Å². The molecule has 188 valence electrons. The second kappa shape index (κ2) is 9.97. The molecule has 1 aromatic heterocycles. The Morgan fingerprint density at radius 3 is 2.43 bits per heavy atom. The normalized spacial score (nSPS) is 14.6. The molecule has 5 rings (SSSR count). The molecule has 1 aliphatic rings. The zero-order valence-corrected chi connectivity index (χ0v) is 21.2.